The Morgan fingerprint density at radius 2 is 1.95 bits per heavy atom. The summed E-state index contributed by atoms with van der Waals surface area (Å²) >= 11 is 1.65. The summed E-state index contributed by atoms with van der Waals surface area (Å²) in [5.74, 6) is 0. The summed E-state index contributed by atoms with van der Waals surface area (Å²) in [6.07, 6.45) is 4.71. The van der Waals surface area contributed by atoms with Gasteiger partial charge in [-0.25, -0.2) is 9.78 Å². The fraction of sp³-hybridized carbons (Fsp3) is 0.467. The summed E-state index contributed by atoms with van der Waals surface area (Å²) in [7, 11) is 0. The van der Waals surface area contributed by atoms with Crippen molar-refractivity contribution >= 4 is 27.6 Å². The van der Waals surface area contributed by atoms with Gasteiger partial charge in [-0.2, -0.15) is 0 Å². The second kappa shape index (κ2) is 6.22. The van der Waals surface area contributed by atoms with Gasteiger partial charge in [-0.1, -0.05) is 25.0 Å². The van der Waals surface area contributed by atoms with E-state index < -0.39 is 0 Å². The molecule has 2 amide bonds. The fourth-order valence-corrected chi connectivity index (χ4v) is 3.44. The second-order valence-electron chi connectivity index (χ2n) is 5.14. The summed E-state index contributed by atoms with van der Waals surface area (Å²) < 4.78 is 1.17. The number of nitrogens with zero attached hydrogens (tertiary/aromatic N) is 2. The van der Waals surface area contributed by atoms with Gasteiger partial charge in [-0.3, -0.25) is 0 Å². The molecule has 0 aliphatic carbocycles. The molecule has 0 saturated carbocycles. The number of carbonyl (C=O) groups is 1. The van der Waals surface area contributed by atoms with Gasteiger partial charge in [0.25, 0.3) is 0 Å². The molecule has 0 bridgehead atoms. The van der Waals surface area contributed by atoms with E-state index in [9.17, 15) is 4.79 Å². The van der Waals surface area contributed by atoms with Gasteiger partial charge in [-0.15, -0.1) is 11.3 Å². The zero-order valence-electron chi connectivity index (χ0n) is 11.5. The molecular formula is C15H19N3OS. The molecule has 2 heterocycles. The molecule has 106 valence electrons. The van der Waals surface area contributed by atoms with Crippen LogP contribution in [0.25, 0.3) is 10.2 Å². The van der Waals surface area contributed by atoms with E-state index in [0.29, 0.717) is 6.54 Å². The standard InChI is InChI=1S/C15H19N3OS/c19-15(18-9-5-1-2-6-10-18)16-11-14-17-12-7-3-4-8-13(12)20-14/h3-4,7-8H,1-2,5-6,9-11H2,(H,16,19). The first-order valence-corrected chi connectivity index (χ1v) is 8.02. The highest BCUT2D eigenvalue weighted by atomic mass is 32.1. The van der Waals surface area contributed by atoms with E-state index in [4.69, 9.17) is 0 Å². The van der Waals surface area contributed by atoms with Gasteiger partial charge >= 0.3 is 6.03 Å². The van der Waals surface area contributed by atoms with Crippen molar-refractivity contribution in [2.75, 3.05) is 13.1 Å². The van der Waals surface area contributed by atoms with Crippen LogP contribution in [0.3, 0.4) is 0 Å². The smallest absolute Gasteiger partial charge is 0.317 e. The Morgan fingerprint density at radius 1 is 1.20 bits per heavy atom. The largest absolute Gasteiger partial charge is 0.331 e. The van der Waals surface area contributed by atoms with Crippen LogP contribution in [0, 0.1) is 0 Å². The lowest BCUT2D eigenvalue weighted by Crippen LogP contribution is -2.40. The quantitative estimate of drug-likeness (QED) is 0.921. The normalized spacial score (nSPS) is 16.1. The number of carbonyl (C=O) groups excluding carboxylic acids is 1. The molecule has 0 atom stereocenters. The molecule has 1 N–H and O–H groups in total. The highest BCUT2D eigenvalue weighted by molar-refractivity contribution is 7.18. The van der Waals surface area contributed by atoms with Gasteiger partial charge < -0.3 is 10.2 Å². The van der Waals surface area contributed by atoms with Crippen molar-refractivity contribution < 1.29 is 4.79 Å². The van der Waals surface area contributed by atoms with E-state index >= 15 is 0 Å². The van der Waals surface area contributed by atoms with Crippen LogP contribution in [0.4, 0.5) is 4.79 Å². The molecule has 1 aliphatic heterocycles. The Morgan fingerprint density at radius 3 is 2.70 bits per heavy atom. The van der Waals surface area contributed by atoms with Crippen molar-refractivity contribution in [1.29, 1.82) is 0 Å². The van der Waals surface area contributed by atoms with Crippen molar-refractivity contribution in [2.45, 2.75) is 32.2 Å². The maximum absolute atomic E-state index is 12.1. The van der Waals surface area contributed by atoms with Crippen molar-refractivity contribution in [3.8, 4) is 0 Å². The predicted molar refractivity (Wildman–Crippen MR) is 81.9 cm³/mol. The average Bonchev–Trinajstić information content (AvgIpc) is 2.69. The summed E-state index contributed by atoms with van der Waals surface area (Å²) in [4.78, 5) is 18.6. The third kappa shape index (κ3) is 3.10. The molecule has 5 heteroatoms. The number of nitrogens with one attached hydrogen (secondary N) is 1. The minimum absolute atomic E-state index is 0.0474. The number of fused-ring (bicyclic) bond motifs is 1. The number of hydrogen-bond donors (Lipinski definition) is 1. The number of aromatic nitrogens is 1. The van der Waals surface area contributed by atoms with Crippen LogP contribution in [0.1, 0.15) is 30.7 Å². The number of para-hydroxylation sites is 1. The number of hydrogen-bond acceptors (Lipinski definition) is 3. The van der Waals surface area contributed by atoms with Crippen molar-refractivity contribution in [2.24, 2.45) is 0 Å². The topological polar surface area (TPSA) is 45.2 Å². The van der Waals surface area contributed by atoms with Crippen molar-refractivity contribution in [3.05, 3.63) is 29.3 Å². The maximum atomic E-state index is 12.1. The van der Waals surface area contributed by atoms with Gasteiger partial charge in [0.15, 0.2) is 0 Å². The Kier molecular flexibility index (Phi) is 4.16. The van der Waals surface area contributed by atoms with Gasteiger partial charge in [0, 0.05) is 13.1 Å². The van der Waals surface area contributed by atoms with Crippen LogP contribution in [0.2, 0.25) is 0 Å². The number of rotatable bonds is 2. The Balaban J connectivity index is 1.59. The molecular weight excluding hydrogens is 270 g/mol. The monoisotopic (exact) mass is 289 g/mol. The van der Waals surface area contributed by atoms with Gasteiger partial charge in [0.1, 0.15) is 5.01 Å². The van der Waals surface area contributed by atoms with Crippen LogP contribution in [-0.4, -0.2) is 29.0 Å². The van der Waals surface area contributed by atoms with Gasteiger partial charge in [-0.05, 0) is 25.0 Å². The van der Waals surface area contributed by atoms with Crippen LogP contribution in [0.5, 0.6) is 0 Å². The minimum atomic E-state index is 0.0474. The molecule has 4 nitrogen and oxygen atoms in total. The summed E-state index contributed by atoms with van der Waals surface area (Å²) in [6.45, 7) is 2.28. The van der Waals surface area contributed by atoms with E-state index in [1.807, 2.05) is 23.1 Å². The number of thiazole rings is 1. The predicted octanol–water partition coefficient (Wildman–Crippen LogP) is 3.38. The van der Waals surface area contributed by atoms with Crippen LogP contribution in [0.15, 0.2) is 24.3 Å². The SMILES string of the molecule is O=C(NCc1nc2ccccc2s1)N1CCCCCC1. The molecule has 3 rings (SSSR count). The molecule has 1 aromatic heterocycles. The zero-order valence-corrected chi connectivity index (χ0v) is 12.3. The summed E-state index contributed by atoms with van der Waals surface area (Å²) in [5.41, 5.74) is 1.01. The summed E-state index contributed by atoms with van der Waals surface area (Å²) in [6, 6.07) is 8.12. The van der Waals surface area contributed by atoms with Gasteiger partial charge in [0.05, 0.1) is 16.8 Å². The van der Waals surface area contributed by atoms with E-state index in [1.165, 1.54) is 17.5 Å². The van der Waals surface area contributed by atoms with E-state index in [1.54, 1.807) is 11.3 Å². The first-order valence-electron chi connectivity index (χ1n) is 7.20. The van der Waals surface area contributed by atoms with Crippen molar-refractivity contribution in [1.82, 2.24) is 15.2 Å². The average molecular weight is 289 g/mol. The minimum Gasteiger partial charge on any atom is -0.331 e. The molecule has 20 heavy (non-hydrogen) atoms. The maximum Gasteiger partial charge on any atom is 0.317 e. The lowest BCUT2D eigenvalue weighted by molar-refractivity contribution is 0.199. The molecule has 0 spiro atoms. The molecule has 2 aromatic rings. The number of likely N-dealkylation sites (tertiary alicyclic amines) is 1. The van der Waals surface area contributed by atoms with E-state index in [-0.39, 0.29) is 6.03 Å². The third-order valence-electron chi connectivity index (χ3n) is 3.62. The zero-order chi connectivity index (χ0) is 13.8. The Bertz CT molecular complexity index is 555. The Labute approximate surface area is 122 Å². The lowest BCUT2D eigenvalue weighted by atomic mass is 10.2. The van der Waals surface area contributed by atoms with E-state index in [0.717, 1.165) is 36.5 Å². The highest BCUT2D eigenvalue weighted by Crippen LogP contribution is 2.21. The first kappa shape index (κ1) is 13.4. The molecule has 1 fully saturated rings. The van der Waals surface area contributed by atoms with Gasteiger partial charge in [0.2, 0.25) is 0 Å². The highest BCUT2D eigenvalue weighted by Gasteiger charge is 2.15. The Hall–Kier alpha value is -1.62. The fourth-order valence-electron chi connectivity index (χ4n) is 2.53. The first-order chi connectivity index (χ1) is 9.83. The molecule has 1 aliphatic rings. The molecule has 1 saturated heterocycles. The number of urea groups is 1. The van der Waals surface area contributed by atoms with Crippen molar-refractivity contribution in [3.63, 3.8) is 0 Å². The number of benzene rings is 1. The van der Waals surface area contributed by atoms with Crippen LogP contribution >= 0.6 is 11.3 Å². The molecule has 1 aromatic carbocycles. The van der Waals surface area contributed by atoms with Crippen LogP contribution in [-0.2, 0) is 6.54 Å². The number of amides is 2. The lowest BCUT2D eigenvalue weighted by Gasteiger charge is -2.20. The summed E-state index contributed by atoms with van der Waals surface area (Å²) in [5, 5.41) is 3.96. The molecule has 0 unspecified atom stereocenters. The third-order valence-corrected chi connectivity index (χ3v) is 4.66. The second-order valence-corrected chi connectivity index (χ2v) is 6.25. The molecule has 0 radical (unpaired) electrons. The van der Waals surface area contributed by atoms with Crippen LogP contribution < -0.4 is 5.32 Å². The van der Waals surface area contributed by atoms with E-state index in [2.05, 4.69) is 16.4 Å².